The number of benzene rings is 2. The number of nitriles is 2. The van der Waals surface area contributed by atoms with Crippen molar-refractivity contribution < 1.29 is 4.74 Å². The maximum absolute atomic E-state index is 9.60. The molecule has 2 atom stereocenters. The Balaban J connectivity index is 1.53. The van der Waals surface area contributed by atoms with E-state index in [4.69, 9.17) is 4.74 Å². The van der Waals surface area contributed by atoms with Crippen LogP contribution < -0.4 is 0 Å². The molecule has 0 amide bonds. The van der Waals surface area contributed by atoms with Crippen molar-refractivity contribution in [1.29, 1.82) is 10.5 Å². The van der Waals surface area contributed by atoms with Crippen LogP contribution in [0.3, 0.4) is 0 Å². The highest BCUT2D eigenvalue weighted by atomic mass is 16.5. The monoisotopic (exact) mass is 608 g/mol. The Hall–Kier alpha value is -2.62. The Bertz CT molecular complexity index is 1060. The van der Waals surface area contributed by atoms with Crippen molar-refractivity contribution >= 4 is 0 Å². The third-order valence-electron chi connectivity index (χ3n) is 10.8. The average molecular weight is 609 g/mol. The molecule has 244 valence electrons. The van der Waals surface area contributed by atoms with Gasteiger partial charge in [0.1, 0.15) is 0 Å². The summed E-state index contributed by atoms with van der Waals surface area (Å²) in [7, 11) is 0. The molecule has 2 fully saturated rings. The third-order valence-corrected chi connectivity index (χ3v) is 10.8. The van der Waals surface area contributed by atoms with Gasteiger partial charge >= 0.3 is 0 Å². The van der Waals surface area contributed by atoms with Gasteiger partial charge in [-0.25, -0.2) is 0 Å². The maximum atomic E-state index is 9.60. The highest BCUT2D eigenvalue weighted by molar-refractivity contribution is 5.28. The highest BCUT2D eigenvalue weighted by Crippen LogP contribution is 2.46. The third kappa shape index (κ3) is 11.3. The first-order valence-corrected chi connectivity index (χ1v) is 18.8. The van der Waals surface area contributed by atoms with Crippen LogP contribution in [-0.4, -0.2) is 0 Å². The minimum Gasteiger partial charge on any atom is -0.365 e. The molecule has 0 spiro atoms. The number of hydrogen-bond acceptors (Lipinski definition) is 3. The van der Waals surface area contributed by atoms with Gasteiger partial charge in [-0.1, -0.05) is 114 Å². The van der Waals surface area contributed by atoms with Crippen LogP contribution in [0.15, 0.2) is 48.5 Å². The van der Waals surface area contributed by atoms with E-state index >= 15 is 0 Å². The van der Waals surface area contributed by atoms with Crippen molar-refractivity contribution in [1.82, 2.24) is 0 Å². The van der Waals surface area contributed by atoms with E-state index in [1.807, 2.05) is 0 Å². The van der Waals surface area contributed by atoms with Crippen LogP contribution >= 0.6 is 0 Å². The van der Waals surface area contributed by atoms with Gasteiger partial charge in [0.05, 0.1) is 24.3 Å². The lowest BCUT2D eigenvalue weighted by Crippen LogP contribution is -2.28. The van der Waals surface area contributed by atoms with Crippen LogP contribution in [0, 0.1) is 46.3 Å². The minimum atomic E-state index is 0.0279. The molecule has 0 saturated heterocycles. The van der Waals surface area contributed by atoms with Crippen molar-refractivity contribution in [3.63, 3.8) is 0 Å². The molecule has 45 heavy (non-hydrogen) atoms. The number of rotatable bonds is 18. The minimum absolute atomic E-state index is 0.0279. The summed E-state index contributed by atoms with van der Waals surface area (Å²) in [6, 6.07) is 23.8. The van der Waals surface area contributed by atoms with E-state index < -0.39 is 0 Å². The Labute approximate surface area is 275 Å². The molecule has 2 saturated carbocycles. The quantitative estimate of drug-likeness (QED) is 0.158. The summed E-state index contributed by atoms with van der Waals surface area (Å²) in [6.45, 7) is 4.55. The van der Waals surface area contributed by atoms with Crippen LogP contribution in [0.2, 0.25) is 0 Å². The fraction of sp³-hybridized carbons (Fsp3) is 0.667. The van der Waals surface area contributed by atoms with E-state index in [-0.39, 0.29) is 24.0 Å². The lowest BCUT2D eigenvalue weighted by Gasteiger charge is -2.39. The molecule has 2 aromatic carbocycles. The molecule has 2 aliphatic rings. The standard InChI is InChI=1S/C42H60N2O/c1-3-5-7-9-11-13-33-15-23-37(24-16-33)41(39-27-19-35(31-43)20-28-39)45-42(40-29-21-36(32-44)22-30-40)38-25-17-34(18-26-38)14-12-10-8-6-4-2/h15-18,23-26,35-36,39-42H,3-14,19-22,27-30H2,1-2H3/t35-,36-,39-,40-,41?,42?. The molecule has 0 radical (unpaired) electrons. The SMILES string of the molecule is CCCCCCCc1ccc(C(OC(c2ccc(CCCCCCC)cc2)[C@H]2CC[C@H](C#N)CC2)[C@H]2CC[C@H](C#N)CC2)cc1. The lowest BCUT2D eigenvalue weighted by atomic mass is 9.76. The van der Waals surface area contributed by atoms with Crippen molar-refractivity contribution in [3.05, 3.63) is 70.8 Å². The van der Waals surface area contributed by atoms with Gasteiger partial charge < -0.3 is 4.74 Å². The van der Waals surface area contributed by atoms with Gasteiger partial charge in [0.15, 0.2) is 0 Å². The molecule has 2 aromatic rings. The zero-order chi connectivity index (χ0) is 31.7. The van der Waals surface area contributed by atoms with Crippen molar-refractivity contribution in [2.75, 3.05) is 0 Å². The van der Waals surface area contributed by atoms with Crippen LogP contribution in [0.25, 0.3) is 0 Å². The Morgan fingerprint density at radius 2 is 0.889 bits per heavy atom. The van der Waals surface area contributed by atoms with Crippen LogP contribution in [-0.2, 0) is 17.6 Å². The van der Waals surface area contributed by atoms with Gasteiger partial charge in [0, 0.05) is 11.8 Å². The average Bonchev–Trinajstić information content (AvgIpc) is 3.09. The Morgan fingerprint density at radius 1 is 0.533 bits per heavy atom. The highest BCUT2D eigenvalue weighted by Gasteiger charge is 2.35. The maximum Gasteiger partial charge on any atom is 0.0861 e. The molecule has 0 aliphatic heterocycles. The zero-order valence-corrected chi connectivity index (χ0v) is 28.5. The van der Waals surface area contributed by atoms with Gasteiger partial charge in [-0.3, -0.25) is 0 Å². The molecule has 4 rings (SSSR count). The Morgan fingerprint density at radius 3 is 1.22 bits per heavy atom. The lowest BCUT2D eigenvalue weighted by molar-refractivity contribution is -0.0887. The molecule has 2 aliphatic carbocycles. The van der Waals surface area contributed by atoms with Gasteiger partial charge in [-0.05, 0) is 111 Å². The van der Waals surface area contributed by atoms with E-state index in [1.54, 1.807) is 0 Å². The number of aryl methyl sites for hydroxylation is 2. The molecule has 0 N–H and O–H groups in total. The normalized spacial score (nSPS) is 23.1. The van der Waals surface area contributed by atoms with Crippen LogP contribution in [0.4, 0.5) is 0 Å². The van der Waals surface area contributed by atoms with Gasteiger partial charge in [-0.15, -0.1) is 0 Å². The topological polar surface area (TPSA) is 56.8 Å². The molecular formula is C42H60N2O. The second-order valence-corrected chi connectivity index (χ2v) is 14.3. The molecule has 2 unspecified atom stereocenters. The second kappa shape index (κ2) is 19.8. The molecule has 3 nitrogen and oxygen atoms in total. The Kier molecular flexibility index (Phi) is 15.5. The number of unbranched alkanes of at least 4 members (excludes halogenated alkanes) is 8. The summed E-state index contributed by atoms with van der Waals surface area (Å²) in [5.74, 6) is 1.22. The second-order valence-electron chi connectivity index (χ2n) is 14.3. The first-order valence-electron chi connectivity index (χ1n) is 18.8. The van der Waals surface area contributed by atoms with Gasteiger partial charge in [0.2, 0.25) is 0 Å². The predicted molar refractivity (Wildman–Crippen MR) is 186 cm³/mol. The summed E-state index contributed by atoms with van der Waals surface area (Å²) in [4.78, 5) is 0. The van der Waals surface area contributed by atoms with Crippen molar-refractivity contribution in [3.8, 4) is 12.1 Å². The van der Waals surface area contributed by atoms with E-state index in [0.717, 1.165) is 64.2 Å². The number of hydrogen-bond donors (Lipinski definition) is 0. The molecule has 0 heterocycles. The fourth-order valence-corrected chi connectivity index (χ4v) is 7.80. The van der Waals surface area contributed by atoms with E-state index in [1.165, 1.54) is 86.5 Å². The van der Waals surface area contributed by atoms with Gasteiger partial charge in [-0.2, -0.15) is 10.5 Å². The first kappa shape index (κ1) is 35.2. The van der Waals surface area contributed by atoms with Crippen LogP contribution in [0.5, 0.6) is 0 Å². The fourth-order valence-electron chi connectivity index (χ4n) is 7.80. The summed E-state index contributed by atoms with van der Waals surface area (Å²) in [5.41, 5.74) is 5.45. The summed E-state index contributed by atoms with van der Waals surface area (Å²) in [6.07, 6.45) is 23.5. The number of nitrogens with zero attached hydrogens (tertiary/aromatic N) is 2. The van der Waals surface area contributed by atoms with Crippen molar-refractivity contribution in [2.24, 2.45) is 23.7 Å². The molecule has 3 heteroatoms. The van der Waals surface area contributed by atoms with E-state index in [2.05, 4.69) is 74.5 Å². The summed E-state index contributed by atoms with van der Waals surface area (Å²) < 4.78 is 7.40. The largest absolute Gasteiger partial charge is 0.365 e. The van der Waals surface area contributed by atoms with Crippen molar-refractivity contribution in [2.45, 2.75) is 154 Å². The zero-order valence-electron chi connectivity index (χ0n) is 28.5. The molecule has 0 bridgehead atoms. The summed E-state index contributed by atoms with van der Waals surface area (Å²) >= 11 is 0. The van der Waals surface area contributed by atoms with Gasteiger partial charge in [0.25, 0.3) is 0 Å². The smallest absolute Gasteiger partial charge is 0.0861 e. The van der Waals surface area contributed by atoms with E-state index in [0.29, 0.717) is 11.8 Å². The van der Waals surface area contributed by atoms with Crippen LogP contribution in [0.1, 0.15) is 164 Å². The first-order chi connectivity index (χ1) is 22.1. The predicted octanol–water partition coefficient (Wildman–Crippen LogP) is 12.2. The van der Waals surface area contributed by atoms with E-state index in [9.17, 15) is 10.5 Å². The number of ether oxygens (including phenoxy) is 1. The summed E-state index contributed by atoms with van der Waals surface area (Å²) in [5, 5.41) is 19.2. The molecule has 0 aromatic heterocycles. The molecular weight excluding hydrogens is 548 g/mol.